The predicted octanol–water partition coefficient (Wildman–Crippen LogP) is 3.20. The van der Waals surface area contributed by atoms with Crippen LogP contribution in [0.5, 0.6) is 5.75 Å². The summed E-state index contributed by atoms with van der Waals surface area (Å²) in [6, 6.07) is 7.48. The van der Waals surface area contributed by atoms with E-state index in [0.29, 0.717) is 29.5 Å². The summed E-state index contributed by atoms with van der Waals surface area (Å²) in [5.74, 6) is 0.494. The molecule has 0 N–H and O–H groups in total. The van der Waals surface area contributed by atoms with Crippen LogP contribution in [0.3, 0.4) is 0 Å². The molecule has 1 aromatic carbocycles. The zero-order chi connectivity index (χ0) is 14.1. The Labute approximate surface area is 121 Å². The van der Waals surface area contributed by atoms with Crippen molar-refractivity contribution in [2.24, 2.45) is 0 Å². The lowest BCUT2D eigenvalue weighted by Crippen LogP contribution is -2.02. The molecule has 1 aliphatic rings. The van der Waals surface area contributed by atoms with Crippen LogP contribution in [0.2, 0.25) is 5.02 Å². The molecule has 102 valence electrons. The number of hydrogen-bond donors (Lipinski definition) is 0. The third kappa shape index (κ3) is 2.17. The van der Waals surface area contributed by atoms with E-state index in [0.717, 1.165) is 16.7 Å². The zero-order valence-corrected chi connectivity index (χ0v) is 11.6. The monoisotopic (exact) mass is 289 g/mol. The van der Waals surface area contributed by atoms with Crippen molar-refractivity contribution in [2.45, 2.75) is 19.6 Å². The molecule has 2 heterocycles. The van der Waals surface area contributed by atoms with Crippen LogP contribution in [0.4, 0.5) is 0 Å². The smallest absolute Gasteiger partial charge is 0.298 e. The maximum absolute atomic E-state index is 10.6. The molecule has 1 atom stereocenters. The van der Waals surface area contributed by atoms with Gasteiger partial charge in [-0.2, -0.15) is 0 Å². The van der Waals surface area contributed by atoms with Gasteiger partial charge in [-0.1, -0.05) is 23.7 Å². The number of carbonyl (C=O) groups is 1. The fourth-order valence-corrected chi connectivity index (χ4v) is 2.53. The molecule has 1 aliphatic heterocycles. The van der Waals surface area contributed by atoms with E-state index in [1.807, 2.05) is 24.3 Å². The lowest BCUT2D eigenvalue weighted by molar-refractivity contribution is -0.120. The Bertz CT molecular complexity index is 655. The minimum Gasteiger partial charge on any atom is -0.426 e. The van der Waals surface area contributed by atoms with Gasteiger partial charge in [0.15, 0.2) is 5.75 Å². The van der Waals surface area contributed by atoms with Crippen molar-refractivity contribution in [2.75, 3.05) is 0 Å². The highest BCUT2D eigenvalue weighted by molar-refractivity contribution is 6.30. The quantitative estimate of drug-likeness (QED) is 0.814. The molecule has 0 unspecified atom stereocenters. The number of pyridine rings is 1. The summed E-state index contributed by atoms with van der Waals surface area (Å²) in [4.78, 5) is 14.9. The Morgan fingerprint density at radius 2 is 2.15 bits per heavy atom. The number of carbonyl (C=O) groups excluding carboxylic acids is 1. The molecule has 4 nitrogen and oxygen atoms in total. The Kier molecular flexibility index (Phi) is 3.42. The first-order chi connectivity index (χ1) is 9.70. The van der Waals surface area contributed by atoms with Crippen molar-refractivity contribution >= 4 is 18.1 Å². The molecule has 0 bridgehead atoms. The molecule has 0 saturated heterocycles. The van der Waals surface area contributed by atoms with Crippen molar-refractivity contribution < 1.29 is 14.3 Å². The van der Waals surface area contributed by atoms with Crippen molar-refractivity contribution in [3.8, 4) is 5.75 Å². The summed E-state index contributed by atoms with van der Waals surface area (Å²) in [6.07, 6.45) is 1.57. The maximum Gasteiger partial charge on any atom is 0.298 e. The van der Waals surface area contributed by atoms with Gasteiger partial charge in [-0.15, -0.1) is 0 Å². The standard InChI is InChI=1S/C15H12ClNO3/c1-9-14(20-8-18)13-7-19-15(12(13)6-17-9)10-2-4-11(16)5-3-10/h2-6,8,15H,7H2,1H3/t15-/m0/s1. The third-order valence-corrected chi connectivity index (χ3v) is 3.62. The van der Waals surface area contributed by atoms with Crippen LogP contribution in [0.15, 0.2) is 30.5 Å². The molecule has 3 rings (SSSR count). The average molecular weight is 290 g/mol. The van der Waals surface area contributed by atoms with Gasteiger partial charge in [-0.25, -0.2) is 0 Å². The molecule has 0 spiro atoms. The average Bonchev–Trinajstić information content (AvgIpc) is 2.87. The summed E-state index contributed by atoms with van der Waals surface area (Å²) >= 11 is 5.89. The second kappa shape index (κ2) is 5.23. The van der Waals surface area contributed by atoms with Crippen LogP contribution < -0.4 is 4.74 Å². The lowest BCUT2D eigenvalue weighted by Gasteiger charge is -2.12. The van der Waals surface area contributed by atoms with Gasteiger partial charge in [0.25, 0.3) is 6.47 Å². The van der Waals surface area contributed by atoms with Gasteiger partial charge in [0.2, 0.25) is 0 Å². The van der Waals surface area contributed by atoms with Gasteiger partial charge in [-0.3, -0.25) is 9.78 Å². The SMILES string of the molecule is Cc1ncc2c(c1OC=O)CO[C@H]2c1ccc(Cl)cc1. The number of ether oxygens (including phenoxy) is 2. The summed E-state index contributed by atoms with van der Waals surface area (Å²) in [7, 11) is 0. The first-order valence-corrected chi connectivity index (χ1v) is 6.54. The second-order valence-electron chi connectivity index (χ2n) is 4.56. The van der Waals surface area contributed by atoms with Crippen LogP contribution in [0, 0.1) is 6.92 Å². The summed E-state index contributed by atoms with van der Waals surface area (Å²) in [6.45, 7) is 2.61. The van der Waals surface area contributed by atoms with E-state index in [4.69, 9.17) is 21.1 Å². The topological polar surface area (TPSA) is 48.4 Å². The molecular weight excluding hydrogens is 278 g/mol. The van der Waals surface area contributed by atoms with Crippen molar-refractivity contribution in [3.05, 3.63) is 57.9 Å². The third-order valence-electron chi connectivity index (χ3n) is 3.36. The Balaban J connectivity index is 2.04. The summed E-state index contributed by atoms with van der Waals surface area (Å²) in [5.41, 5.74) is 3.48. The van der Waals surface area contributed by atoms with Crippen LogP contribution in [0.1, 0.15) is 28.5 Å². The van der Waals surface area contributed by atoms with Gasteiger partial charge in [0.05, 0.1) is 12.3 Å². The predicted molar refractivity (Wildman–Crippen MR) is 73.8 cm³/mol. The maximum atomic E-state index is 10.6. The van der Waals surface area contributed by atoms with Crippen LogP contribution in [0.25, 0.3) is 0 Å². The van der Waals surface area contributed by atoms with E-state index in [9.17, 15) is 4.79 Å². The van der Waals surface area contributed by atoms with E-state index >= 15 is 0 Å². The highest BCUT2D eigenvalue weighted by atomic mass is 35.5. The largest absolute Gasteiger partial charge is 0.426 e. The van der Waals surface area contributed by atoms with Crippen molar-refractivity contribution in [1.29, 1.82) is 0 Å². The summed E-state index contributed by atoms with van der Waals surface area (Å²) < 4.78 is 10.9. The van der Waals surface area contributed by atoms with E-state index in [-0.39, 0.29) is 6.10 Å². The molecule has 2 aromatic rings. The number of aromatic nitrogens is 1. The highest BCUT2D eigenvalue weighted by Gasteiger charge is 2.29. The zero-order valence-electron chi connectivity index (χ0n) is 10.8. The second-order valence-corrected chi connectivity index (χ2v) is 5.00. The molecule has 5 heteroatoms. The number of hydrogen-bond acceptors (Lipinski definition) is 4. The van der Waals surface area contributed by atoms with Gasteiger partial charge >= 0.3 is 0 Å². The number of halogens is 1. The fraction of sp³-hybridized carbons (Fsp3) is 0.200. The fourth-order valence-electron chi connectivity index (χ4n) is 2.40. The van der Waals surface area contributed by atoms with Crippen molar-refractivity contribution in [1.82, 2.24) is 4.98 Å². The van der Waals surface area contributed by atoms with Crippen molar-refractivity contribution in [3.63, 3.8) is 0 Å². The first-order valence-electron chi connectivity index (χ1n) is 6.16. The molecule has 0 aliphatic carbocycles. The molecule has 0 amide bonds. The molecule has 0 radical (unpaired) electrons. The normalized spacial score (nSPS) is 16.8. The summed E-state index contributed by atoms with van der Waals surface area (Å²) in [5, 5.41) is 0.680. The van der Waals surface area contributed by atoms with E-state index < -0.39 is 0 Å². The van der Waals surface area contributed by atoms with Crippen LogP contribution in [-0.2, 0) is 16.1 Å². The molecule has 0 fully saturated rings. The van der Waals surface area contributed by atoms with Gasteiger partial charge in [-0.05, 0) is 24.6 Å². The van der Waals surface area contributed by atoms with E-state index in [1.165, 1.54) is 0 Å². The number of rotatable bonds is 3. The van der Waals surface area contributed by atoms with E-state index in [1.54, 1.807) is 13.1 Å². The lowest BCUT2D eigenvalue weighted by atomic mass is 10.0. The molecule has 20 heavy (non-hydrogen) atoms. The Hall–Kier alpha value is -1.91. The first kappa shape index (κ1) is 13.1. The van der Waals surface area contributed by atoms with Gasteiger partial charge < -0.3 is 9.47 Å². The minimum absolute atomic E-state index is 0.204. The minimum atomic E-state index is -0.204. The number of aryl methyl sites for hydroxylation is 1. The van der Waals surface area contributed by atoms with Crippen LogP contribution in [-0.4, -0.2) is 11.5 Å². The van der Waals surface area contributed by atoms with E-state index in [2.05, 4.69) is 4.98 Å². The Morgan fingerprint density at radius 3 is 2.85 bits per heavy atom. The molecule has 0 saturated carbocycles. The molecular formula is C15H12ClNO3. The number of benzene rings is 1. The van der Waals surface area contributed by atoms with Gasteiger partial charge in [0, 0.05) is 22.3 Å². The highest BCUT2D eigenvalue weighted by Crippen LogP contribution is 2.40. The Morgan fingerprint density at radius 1 is 1.40 bits per heavy atom. The number of nitrogens with zero attached hydrogens (tertiary/aromatic N) is 1. The number of fused-ring (bicyclic) bond motifs is 1. The molecule has 1 aromatic heterocycles. The van der Waals surface area contributed by atoms with Crippen LogP contribution >= 0.6 is 11.6 Å². The van der Waals surface area contributed by atoms with Gasteiger partial charge in [0.1, 0.15) is 6.10 Å².